The van der Waals surface area contributed by atoms with Crippen molar-refractivity contribution in [3.63, 3.8) is 0 Å². The Labute approximate surface area is 209 Å². The molecule has 2 aromatic rings. The van der Waals surface area contributed by atoms with E-state index in [9.17, 15) is 27.6 Å². The summed E-state index contributed by atoms with van der Waals surface area (Å²) in [5.74, 6) is -4.10. The van der Waals surface area contributed by atoms with E-state index in [2.05, 4.69) is 15.3 Å². The Morgan fingerprint density at radius 1 is 1.24 bits per heavy atom. The fourth-order valence-electron chi connectivity index (χ4n) is 3.50. The third kappa shape index (κ3) is 6.67. The van der Waals surface area contributed by atoms with Crippen LogP contribution in [0.2, 0.25) is 0 Å². The summed E-state index contributed by atoms with van der Waals surface area (Å²) in [5, 5.41) is 11.6. The second kappa shape index (κ2) is 11.6. The Morgan fingerprint density at radius 3 is 2.59 bits per heavy atom. The molecule has 0 radical (unpaired) electrons. The molecule has 0 spiro atoms. The number of halogens is 3. The van der Waals surface area contributed by atoms with Crippen molar-refractivity contribution in [2.45, 2.75) is 12.2 Å². The highest BCUT2D eigenvalue weighted by molar-refractivity contribution is 6.46. The van der Waals surface area contributed by atoms with E-state index in [1.807, 2.05) is 0 Å². The summed E-state index contributed by atoms with van der Waals surface area (Å²) in [6, 6.07) is 8.69. The molecule has 196 valence electrons. The average Bonchev–Trinajstić information content (AvgIpc) is 2.88. The molecule has 3 rings (SSSR count). The lowest BCUT2D eigenvalue weighted by Crippen LogP contribution is -2.55. The smallest absolute Gasteiger partial charge is 0.398 e. The van der Waals surface area contributed by atoms with Gasteiger partial charge in [-0.05, 0) is 18.2 Å². The molecular formula is C23H24F3N7O4. The van der Waals surface area contributed by atoms with E-state index in [4.69, 9.17) is 15.9 Å². The number of hydrogen-bond donors (Lipinski definition) is 4. The zero-order chi connectivity index (χ0) is 27.2. The van der Waals surface area contributed by atoms with E-state index in [0.717, 1.165) is 6.20 Å². The number of nitrogens with one attached hydrogen (secondary N) is 3. The summed E-state index contributed by atoms with van der Waals surface area (Å²) in [6.07, 6.45) is -4.16. The van der Waals surface area contributed by atoms with Crippen molar-refractivity contribution in [2.24, 2.45) is 4.99 Å². The van der Waals surface area contributed by atoms with Crippen molar-refractivity contribution in [1.82, 2.24) is 20.5 Å². The van der Waals surface area contributed by atoms with Crippen LogP contribution in [0.25, 0.3) is 0 Å². The molecule has 0 aliphatic carbocycles. The number of para-hydroxylation sites is 1. The highest BCUT2D eigenvalue weighted by Gasteiger charge is 2.39. The Bertz CT molecular complexity index is 1220. The Hall–Kier alpha value is -4.33. The van der Waals surface area contributed by atoms with Gasteiger partial charge in [-0.25, -0.2) is 0 Å². The molecule has 1 unspecified atom stereocenters. The van der Waals surface area contributed by atoms with Crippen LogP contribution in [0, 0.1) is 5.41 Å². The lowest BCUT2D eigenvalue weighted by atomic mass is 10.1. The van der Waals surface area contributed by atoms with Crippen molar-refractivity contribution >= 4 is 35.0 Å². The summed E-state index contributed by atoms with van der Waals surface area (Å²) in [7, 11) is 1.49. The number of hydrogen-bond acceptors (Lipinski definition) is 8. The van der Waals surface area contributed by atoms with E-state index >= 15 is 0 Å². The van der Waals surface area contributed by atoms with Crippen molar-refractivity contribution in [1.29, 1.82) is 5.41 Å². The number of amides is 3. The number of alkyl halides is 3. The van der Waals surface area contributed by atoms with Gasteiger partial charge in [-0.2, -0.15) is 13.2 Å². The van der Waals surface area contributed by atoms with E-state index in [0.29, 0.717) is 17.9 Å². The number of morpholine rings is 1. The maximum absolute atomic E-state index is 13.3. The highest BCUT2D eigenvalue weighted by atomic mass is 19.4. The van der Waals surface area contributed by atoms with Crippen LogP contribution < -0.4 is 16.4 Å². The minimum absolute atomic E-state index is 0.0206. The first-order chi connectivity index (χ1) is 17.5. The van der Waals surface area contributed by atoms with E-state index in [1.165, 1.54) is 24.5 Å². The normalized spacial score (nSPS) is 16.2. The third-order valence-electron chi connectivity index (χ3n) is 5.41. The number of benzene rings is 1. The molecule has 37 heavy (non-hydrogen) atoms. The number of amidine groups is 1. The summed E-state index contributed by atoms with van der Waals surface area (Å²) in [4.78, 5) is 46.4. The average molecular weight is 519 g/mol. The van der Waals surface area contributed by atoms with Gasteiger partial charge in [0.25, 0.3) is 11.8 Å². The van der Waals surface area contributed by atoms with Crippen molar-refractivity contribution in [2.75, 3.05) is 39.1 Å². The predicted molar refractivity (Wildman–Crippen MR) is 127 cm³/mol. The van der Waals surface area contributed by atoms with Gasteiger partial charge in [0.05, 0.1) is 19.3 Å². The summed E-state index contributed by atoms with van der Waals surface area (Å²) in [5.41, 5.74) is 6.86. The maximum Gasteiger partial charge on any atom is 0.471 e. The summed E-state index contributed by atoms with van der Waals surface area (Å²) < 4.78 is 42.5. The number of aromatic nitrogens is 1. The number of nitrogens with zero attached hydrogens (tertiary/aromatic N) is 3. The predicted octanol–water partition coefficient (Wildman–Crippen LogP) is 0.744. The lowest BCUT2D eigenvalue weighted by molar-refractivity contribution is -0.171. The van der Waals surface area contributed by atoms with Gasteiger partial charge in [0.2, 0.25) is 0 Å². The van der Waals surface area contributed by atoms with E-state index in [-0.39, 0.29) is 42.6 Å². The van der Waals surface area contributed by atoms with Gasteiger partial charge in [-0.3, -0.25) is 29.8 Å². The maximum atomic E-state index is 13.3. The lowest BCUT2D eigenvalue weighted by Gasteiger charge is -2.36. The molecule has 5 N–H and O–H groups in total. The summed E-state index contributed by atoms with van der Waals surface area (Å²) >= 11 is 0. The van der Waals surface area contributed by atoms with Crippen LogP contribution in [0.4, 0.5) is 18.9 Å². The Balaban J connectivity index is 1.64. The fourth-order valence-corrected chi connectivity index (χ4v) is 3.50. The molecular weight excluding hydrogens is 495 g/mol. The quantitative estimate of drug-likeness (QED) is 0.250. The van der Waals surface area contributed by atoms with E-state index < -0.39 is 29.9 Å². The van der Waals surface area contributed by atoms with Gasteiger partial charge >= 0.3 is 12.1 Å². The first kappa shape index (κ1) is 27.3. The third-order valence-corrected chi connectivity index (χ3v) is 5.41. The largest absolute Gasteiger partial charge is 0.471 e. The van der Waals surface area contributed by atoms with Crippen LogP contribution in [0.3, 0.4) is 0 Å². The number of nitrogens with two attached hydrogens (primary N) is 1. The minimum Gasteiger partial charge on any atom is -0.398 e. The zero-order valence-corrected chi connectivity index (χ0v) is 19.6. The zero-order valence-electron chi connectivity index (χ0n) is 19.6. The monoisotopic (exact) mass is 519 g/mol. The van der Waals surface area contributed by atoms with Crippen molar-refractivity contribution in [3.8, 4) is 0 Å². The van der Waals surface area contributed by atoms with Gasteiger partial charge in [0, 0.05) is 43.1 Å². The van der Waals surface area contributed by atoms with Crippen LogP contribution in [0.5, 0.6) is 0 Å². The molecule has 1 aliphatic heterocycles. The number of rotatable bonds is 6. The Kier molecular flexibility index (Phi) is 8.55. The van der Waals surface area contributed by atoms with E-state index in [1.54, 1.807) is 29.2 Å². The molecule has 1 fully saturated rings. The number of nitrogen functional groups attached to an aromatic ring is 1. The fraction of sp³-hybridized carbons (Fsp3) is 0.304. The van der Waals surface area contributed by atoms with Crippen LogP contribution in [0.15, 0.2) is 47.6 Å². The van der Waals surface area contributed by atoms with Gasteiger partial charge in [-0.15, -0.1) is 0 Å². The van der Waals surface area contributed by atoms with Gasteiger partial charge in [0.15, 0.2) is 0 Å². The van der Waals surface area contributed by atoms with Crippen LogP contribution in [-0.2, 0) is 14.3 Å². The first-order valence-electron chi connectivity index (χ1n) is 10.9. The number of pyridine rings is 1. The first-order valence-corrected chi connectivity index (χ1v) is 10.9. The molecule has 0 saturated carbocycles. The molecule has 0 bridgehead atoms. The Morgan fingerprint density at radius 2 is 1.97 bits per heavy atom. The number of carbonyl (C=O) groups excluding carboxylic acids is 3. The topological polar surface area (TPSA) is 163 Å². The molecule has 1 saturated heterocycles. The van der Waals surface area contributed by atoms with Crippen LogP contribution in [0.1, 0.15) is 21.6 Å². The highest BCUT2D eigenvalue weighted by Crippen LogP contribution is 2.17. The molecule has 2 heterocycles. The molecule has 14 heteroatoms. The van der Waals surface area contributed by atoms with Crippen LogP contribution in [-0.4, -0.2) is 84.7 Å². The van der Waals surface area contributed by atoms with Crippen molar-refractivity contribution in [3.05, 3.63) is 59.4 Å². The van der Waals surface area contributed by atoms with Crippen LogP contribution >= 0.6 is 0 Å². The molecule has 1 aromatic heterocycles. The second-order valence-electron chi connectivity index (χ2n) is 7.86. The van der Waals surface area contributed by atoms with Gasteiger partial charge in [0.1, 0.15) is 17.2 Å². The molecule has 1 aliphatic rings. The standard InChI is InChI=1S/C23H24F3N7O4/c1-29-18(15-4-2-3-5-16(15)27)21(35)33-8-9-37-12-14(33)11-31-20(34)17-7-6-13(10-30-17)19(28)32-22(36)23(24,25)26/h2-7,10,14H,8-9,11-12,27H2,1H3,(H,31,34)(H2,28,32,36). The molecule has 1 aromatic carbocycles. The number of ether oxygens (including phenoxy) is 1. The van der Waals surface area contributed by atoms with Gasteiger partial charge < -0.3 is 26.0 Å². The summed E-state index contributed by atoms with van der Waals surface area (Å²) in [6.45, 7) is 0.754. The second-order valence-corrected chi connectivity index (χ2v) is 7.86. The molecule has 3 amide bonds. The number of aliphatic imine (C=N–C) groups is 1. The number of carbonyl (C=O) groups is 3. The SMILES string of the molecule is CN=C(C(=O)N1CCOCC1CNC(=O)c1ccc(C(=N)NC(=O)C(F)(F)F)cn1)c1ccccc1N. The van der Waals surface area contributed by atoms with Gasteiger partial charge in [-0.1, -0.05) is 18.2 Å². The number of anilines is 1. The minimum atomic E-state index is -5.14. The van der Waals surface area contributed by atoms with Crippen molar-refractivity contribution < 1.29 is 32.3 Å². The molecule has 11 nitrogen and oxygen atoms in total. The molecule has 1 atom stereocenters.